The van der Waals surface area contributed by atoms with Gasteiger partial charge in [0.15, 0.2) is 0 Å². The molecule has 2 nitrogen and oxygen atoms in total. The standard InChI is InChI=1S/C15H13Cl2NO/c16-12-4-2-1-3-11(12)14-13(17)6-5-9-7-10(8-18)19-15(9)14/h1-6,10H,7-8,18H2/t10-/m1/s1. The Morgan fingerprint density at radius 2 is 1.89 bits per heavy atom. The molecular weight excluding hydrogens is 281 g/mol. The Morgan fingerprint density at radius 1 is 1.11 bits per heavy atom. The zero-order valence-electron chi connectivity index (χ0n) is 10.2. The lowest BCUT2D eigenvalue weighted by atomic mass is 10.0. The van der Waals surface area contributed by atoms with Gasteiger partial charge in [-0.15, -0.1) is 0 Å². The van der Waals surface area contributed by atoms with Crippen molar-refractivity contribution in [3.8, 4) is 16.9 Å². The molecule has 0 amide bonds. The summed E-state index contributed by atoms with van der Waals surface area (Å²) in [5.41, 5.74) is 8.57. The first-order chi connectivity index (χ1) is 9.20. The van der Waals surface area contributed by atoms with Gasteiger partial charge in [0.25, 0.3) is 0 Å². The van der Waals surface area contributed by atoms with Crippen molar-refractivity contribution in [1.82, 2.24) is 0 Å². The molecule has 1 heterocycles. The van der Waals surface area contributed by atoms with Gasteiger partial charge in [0.1, 0.15) is 11.9 Å². The van der Waals surface area contributed by atoms with E-state index in [2.05, 4.69) is 0 Å². The summed E-state index contributed by atoms with van der Waals surface area (Å²) >= 11 is 12.6. The third-order valence-corrected chi connectivity index (χ3v) is 3.97. The zero-order chi connectivity index (χ0) is 13.4. The number of nitrogens with two attached hydrogens (primary N) is 1. The van der Waals surface area contributed by atoms with Crippen molar-refractivity contribution in [2.75, 3.05) is 6.54 Å². The van der Waals surface area contributed by atoms with E-state index in [0.717, 1.165) is 28.9 Å². The number of hydrogen-bond acceptors (Lipinski definition) is 2. The Bertz CT molecular complexity index is 628. The van der Waals surface area contributed by atoms with Crippen LogP contribution in [0.3, 0.4) is 0 Å². The van der Waals surface area contributed by atoms with Crippen LogP contribution in [-0.4, -0.2) is 12.6 Å². The Kier molecular flexibility index (Phi) is 3.40. The van der Waals surface area contributed by atoms with Crippen molar-refractivity contribution in [3.05, 3.63) is 52.0 Å². The fourth-order valence-corrected chi connectivity index (χ4v) is 2.88. The lowest BCUT2D eigenvalue weighted by Gasteiger charge is -2.13. The van der Waals surface area contributed by atoms with Gasteiger partial charge in [-0.1, -0.05) is 47.5 Å². The summed E-state index contributed by atoms with van der Waals surface area (Å²) in [7, 11) is 0. The molecule has 0 unspecified atom stereocenters. The van der Waals surface area contributed by atoms with Crippen LogP contribution in [0.2, 0.25) is 10.0 Å². The Labute approximate surface area is 122 Å². The fourth-order valence-electron chi connectivity index (χ4n) is 2.40. The summed E-state index contributed by atoms with van der Waals surface area (Å²) in [4.78, 5) is 0. The second-order valence-electron chi connectivity index (χ2n) is 4.57. The molecule has 2 N–H and O–H groups in total. The molecule has 1 aliphatic rings. The molecule has 0 spiro atoms. The predicted molar refractivity (Wildman–Crippen MR) is 79.1 cm³/mol. The molecule has 0 saturated carbocycles. The smallest absolute Gasteiger partial charge is 0.132 e. The van der Waals surface area contributed by atoms with Crippen LogP contribution in [0.25, 0.3) is 11.1 Å². The number of ether oxygens (including phenoxy) is 1. The maximum absolute atomic E-state index is 6.34. The van der Waals surface area contributed by atoms with Crippen molar-refractivity contribution < 1.29 is 4.74 Å². The molecule has 0 saturated heterocycles. The summed E-state index contributed by atoms with van der Waals surface area (Å²) in [5.74, 6) is 0.816. The highest BCUT2D eigenvalue weighted by Gasteiger charge is 2.27. The van der Waals surface area contributed by atoms with E-state index < -0.39 is 0 Å². The average molecular weight is 294 g/mol. The summed E-state index contributed by atoms with van der Waals surface area (Å²) in [6.07, 6.45) is 0.843. The quantitative estimate of drug-likeness (QED) is 0.911. The first-order valence-corrected chi connectivity index (χ1v) is 6.89. The third kappa shape index (κ3) is 2.20. The largest absolute Gasteiger partial charge is 0.488 e. The van der Waals surface area contributed by atoms with Crippen molar-refractivity contribution in [2.45, 2.75) is 12.5 Å². The van der Waals surface area contributed by atoms with Crippen LogP contribution in [0.15, 0.2) is 36.4 Å². The lowest BCUT2D eigenvalue weighted by Crippen LogP contribution is -2.24. The Balaban J connectivity index is 2.18. The molecule has 2 aromatic carbocycles. The normalized spacial score (nSPS) is 17.1. The third-order valence-electron chi connectivity index (χ3n) is 3.33. The molecule has 0 aromatic heterocycles. The maximum Gasteiger partial charge on any atom is 0.132 e. The number of benzene rings is 2. The first kappa shape index (κ1) is 12.8. The minimum atomic E-state index is 0.0229. The van der Waals surface area contributed by atoms with Gasteiger partial charge in [-0.2, -0.15) is 0 Å². The van der Waals surface area contributed by atoms with E-state index in [1.807, 2.05) is 36.4 Å². The van der Waals surface area contributed by atoms with Gasteiger partial charge in [-0.05, 0) is 17.7 Å². The van der Waals surface area contributed by atoms with Gasteiger partial charge in [0, 0.05) is 29.1 Å². The molecule has 1 atom stereocenters. The van der Waals surface area contributed by atoms with Crippen LogP contribution in [0.1, 0.15) is 5.56 Å². The molecule has 19 heavy (non-hydrogen) atoms. The van der Waals surface area contributed by atoms with E-state index in [1.165, 1.54) is 0 Å². The first-order valence-electron chi connectivity index (χ1n) is 6.13. The molecule has 0 fully saturated rings. The van der Waals surface area contributed by atoms with Gasteiger partial charge in [-0.25, -0.2) is 0 Å². The predicted octanol–water partition coefficient (Wildman–Crippen LogP) is 3.92. The van der Waals surface area contributed by atoms with Crippen molar-refractivity contribution >= 4 is 23.2 Å². The van der Waals surface area contributed by atoms with Crippen LogP contribution in [0, 0.1) is 0 Å². The molecule has 4 heteroatoms. The summed E-state index contributed by atoms with van der Waals surface area (Å²) < 4.78 is 5.91. The van der Waals surface area contributed by atoms with Crippen molar-refractivity contribution in [1.29, 1.82) is 0 Å². The van der Waals surface area contributed by atoms with Crippen molar-refractivity contribution in [3.63, 3.8) is 0 Å². The Hall–Kier alpha value is -1.22. The second-order valence-corrected chi connectivity index (χ2v) is 5.38. The van der Waals surface area contributed by atoms with Crippen LogP contribution in [0.4, 0.5) is 0 Å². The van der Waals surface area contributed by atoms with Gasteiger partial charge < -0.3 is 10.5 Å². The van der Waals surface area contributed by atoms with E-state index in [0.29, 0.717) is 16.6 Å². The number of halogens is 2. The number of hydrogen-bond donors (Lipinski definition) is 1. The van der Waals surface area contributed by atoms with E-state index in [1.54, 1.807) is 0 Å². The monoisotopic (exact) mass is 293 g/mol. The van der Waals surface area contributed by atoms with Gasteiger partial charge in [0.05, 0.1) is 5.02 Å². The van der Waals surface area contributed by atoms with Gasteiger partial charge in [0.2, 0.25) is 0 Å². The van der Waals surface area contributed by atoms with Gasteiger partial charge >= 0.3 is 0 Å². The summed E-state index contributed by atoms with van der Waals surface area (Å²) in [5, 5.41) is 1.31. The molecule has 98 valence electrons. The fraction of sp³-hybridized carbons (Fsp3) is 0.200. The summed E-state index contributed by atoms with van der Waals surface area (Å²) in [6, 6.07) is 11.5. The van der Waals surface area contributed by atoms with Crippen molar-refractivity contribution in [2.24, 2.45) is 5.73 Å². The molecule has 3 rings (SSSR count). The van der Waals surface area contributed by atoms with Crippen LogP contribution >= 0.6 is 23.2 Å². The minimum Gasteiger partial charge on any atom is -0.488 e. The van der Waals surface area contributed by atoms with E-state index in [9.17, 15) is 0 Å². The molecular formula is C15H13Cl2NO. The molecule has 0 bridgehead atoms. The highest BCUT2D eigenvalue weighted by Crippen LogP contribution is 2.45. The van der Waals surface area contributed by atoms with E-state index in [4.69, 9.17) is 33.7 Å². The average Bonchev–Trinajstić information content (AvgIpc) is 2.83. The number of fused-ring (bicyclic) bond motifs is 1. The lowest BCUT2D eigenvalue weighted by molar-refractivity contribution is 0.242. The second kappa shape index (κ2) is 5.04. The van der Waals surface area contributed by atoms with E-state index >= 15 is 0 Å². The maximum atomic E-state index is 6.34. The highest BCUT2D eigenvalue weighted by molar-refractivity contribution is 6.36. The molecule has 0 radical (unpaired) electrons. The van der Waals surface area contributed by atoms with Crippen LogP contribution < -0.4 is 10.5 Å². The van der Waals surface area contributed by atoms with Crippen LogP contribution in [0.5, 0.6) is 5.75 Å². The topological polar surface area (TPSA) is 35.2 Å². The van der Waals surface area contributed by atoms with E-state index in [-0.39, 0.29) is 6.10 Å². The number of rotatable bonds is 2. The Morgan fingerprint density at radius 3 is 2.63 bits per heavy atom. The highest BCUT2D eigenvalue weighted by atomic mass is 35.5. The zero-order valence-corrected chi connectivity index (χ0v) is 11.7. The van der Waals surface area contributed by atoms with Gasteiger partial charge in [-0.3, -0.25) is 0 Å². The summed E-state index contributed by atoms with van der Waals surface area (Å²) in [6.45, 7) is 0.494. The SMILES string of the molecule is NC[C@H]1Cc2ccc(Cl)c(-c3ccccc3Cl)c2O1. The molecule has 0 aliphatic carbocycles. The molecule has 1 aliphatic heterocycles. The minimum absolute atomic E-state index is 0.0229. The van der Waals surface area contributed by atoms with Crippen LogP contribution in [-0.2, 0) is 6.42 Å². The molecule has 2 aromatic rings.